The van der Waals surface area contributed by atoms with Crippen LogP contribution in [0.2, 0.25) is 5.02 Å². The number of hydrazone groups is 1. The number of nitrogens with one attached hydrogen (secondary N) is 2. The number of nitro benzene ring substituents is 1. The molecule has 0 spiro atoms. The molecule has 2 rings (SSSR count). The van der Waals surface area contributed by atoms with Gasteiger partial charge in [-0.25, -0.2) is 5.43 Å². The minimum atomic E-state index is -0.641. The topological polar surface area (TPSA) is 114 Å². The van der Waals surface area contributed by atoms with E-state index in [1.54, 1.807) is 31.2 Å². The second-order valence-electron chi connectivity index (χ2n) is 5.30. The SMILES string of the molecule is C/C(CC(=O)Nc1ccccc1)=N/NC(=O)c1ccc([N+](=O)[O-])c(Cl)c1. The van der Waals surface area contributed by atoms with Gasteiger partial charge in [0.25, 0.3) is 11.6 Å². The Labute approximate surface area is 154 Å². The maximum Gasteiger partial charge on any atom is 0.287 e. The van der Waals surface area contributed by atoms with E-state index in [4.69, 9.17) is 11.6 Å². The van der Waals surface area contributed by atoms with E-state index in [9.17, 15) is 19.7 Å². The second kappa shape index (κ2) is 8.72. The van der Waals surface area contributed by atoms with E-state index < -0.39 is 10.8 Å². The van der Waals surface area contributed by atoms with Crippen LogP contribution in [0.5, 0.6) is 0 Å². The number of amides is 2. The van der Waals surface area contributed by atoms with Crippen LogP contribution >= 0.6 is 11.6 Å². The first-order chi connectivity index (χ1) is 12.4. The number of benzene rings is 2. The van der Waals surface area contributed by atoms with Gasteiger partial charge in [0.15, 0.2) is 0 Å². The van der Waals surface area contributed by atoms with Crippen molar-refractivity contribution in [1.29, 1.82) is 0 Å². The van der Waals surface area contributed by atoms with Crippen LogP contribution in [0.25, 0.3) is 0 Å². The minimum absolute atomic E-state index is 0.00378. The van der Waals surface area contributed by atoms with Gasteiger partial charge in [-0.05, 0) is 31.2 Å². The maximum absolute atomic E-state index is 12.0. The largest absolute Gasteiger partial charge is 0.326 e. The number of hydrogen-bond acceptors (Lipinski definition) is 5. The van der Waals surface area contributed by atoms with Gasteiger partial charge in [-0.2, -0.15) is 5.10 Å². The van der Waals surface area contributed by atoms with E-state index in [2.05, 4.69) is 15.8 Å². The molecule has 2 N–H and O–H groups in total. The van der Waals surface area contributed by atoms with Crippen molar-refractivity contribution in [1.82, 2.24) is 5.43 Å². The van der Waals surface area contributed by atoms with Crippen molar-refractivity contribution in [3.63, 3.8) is 0 Å². The van der Waals surface area contributed by atoms with Gasteiger partial charge in [0.1, 0.15) is 5.02 Å². The van der Waals surface area contributed by atoms with Gasteiger partial charge >= 0.3 is 0 Å². The molecule has 0 fully saturated rings. The molecule has 2 aromatic rings. The molecule has 0 aliphatic heterocycles. The van der Waals surface area contributed by atoms with Crippen molar-refractivity contribution in [2.45, 2.75) is 13.3 Å². The van der Waals surface area contributed by atoms with E-state index in [1.165, 1.54) is 12.1 Å². The Bertz CT molecular complexity index is 868. The molecule has 0 aromatic heterocycles. The first kappa shape index (κ1) is 19.1. The summed E-state index contributed by atoms with van der Waals surface area (Å²) in [5.41, 5.74) is 3.16. The first-order valence-electron chi connectivity index (χ1n) is 7.49. The van der Waals surface area contributed by atoms with Crippen molar-refractivity contribution in [3.8, 4) is 0 Å². The molecule has 134 valence electrons. The van der Waals surface area contributed by atoms with Gasteiger partial charge in [0, 0.05) is 23.0 Å². The Morgan fingerprint density at radius 1 is 1.19 bits per heavy atom. The van der Waals surface area contributed by atoms with Crippen molar-refractivity contribution in [2.24, 2.45) is 5.10 Å². The molecule has 0 radical (unpaired) electrons. The van der Waals surface area contributed by atoms with E-state index >= 15 is 0 Å². The van der Waals surface area contributed by atoms with Crippen LogP contribution in [0.3, 0.4) is 0 Å². The third kappa shape index (κ3) is 5.38. The predicted molar refractivity (Wildman–Crippen MR) is 98.4 cm³/mol. The number of nitro groups is 1. The molecular formula is C17H15ClN4O4. The number of para-hydroxylation sites is 1. The monoisotopic (exact) mass is 374 g/mol. The van der Waals surface area contributed by atoms with Crippen LogP contribution in [0, 0.1) is 10.1 Å². The lowest BCUT2D eigenvalue weighted by Crippen LogP contribution is -2.21. The Hall–Kier alpha value is -3.26. The Balaban J connectivity index is 1.93. The zero-order chi connectivity index (χ0) is 19.1. The lowest BCUT2D eigenvalue weighted by atomic mass is 10.2. The lowest BCUT2D eigenvalue weighted by molar-refractivity contribution is -0.384. The molecule has 0 heterocycles. The normalized spacial score (nSPS) is 10.9. The standard InChI is InChI=1S/C17H15ClN4O4/c1-11(9-16(23)19-13-5-3-2-4-6-13)20-21-17(24)12-7-8-15(22(25)26)14(18)10-12/h2-8,10H,9H2,1H3,(H,19,23)(H,21,24)/b20-11-. The Morgan fingerprint density at radius 2 is 1.88 bits per heavy atom. The molecule has 0 aliphatic rings. The summed E-state index contributed by atoms with van der Waals surface area (Å²) in [7, 11) is 0. The van der Waals surface area contributed by atoms with Crippen LogP contribution in [-0.4, -0.2) is 22.4 Å². The number of rotatable bonds is 6. The molecule has 0 aliphatic carbocycles. The molecule has 26 heavy (non-hydrogen) atoms. The molecule has 8 nitrogen and oxygen atoms in total. The van der Waals surface area contributed by atoms with Crippen LogP contribution < -0.4 is 10.7 Å². The zero-order valence-electron chi connectivity index (χ0n) is 13.7. The van der Waals surface area contributed by atoms with Crippen LogP contribution in [0.4, 0.5) is 11.4 Å². The van der Waals surface area contributed by atoms with Crippen LogP contribution in [0.15, 0.2) is 53.6 Å². The number of halogens is 1. The Morgan fingerprint density at radius 3 is 2.50 bits per heavy atom. The van der Waals surface area contributed by atoms with Crippen molar-refractivity contribution in [3.05, 3.63) is 69.2 Å². The van der Waals surface area contributed by atoms with Gasteiger partial charge in [-0.1, -0.05) is 29.8 Å². The molecule has 2 amide bonds. The molecule has 0 unspecified atom stereocenters. The van der Waals surface area contributed by atoms with Gasteiger partial charge in [0.2, 0.25) is 5.91 Å². The molecule has 0 saturated heterocycles. The summed E-state index contributed by atoms with van der Waals surface area (Å²) < 4.78 is 0. The summed E-state index contributed by atoms with van der Waals surface area (Å²) in [6.07, 6.45) is -0.00378. The fourth-order valence-electron chi connectivity index (χ4n) is 2.01. The smallest absolute Gasteiger partial charge is 0.287 e. The van der Waals surface area contributed by atoms with E-state index in [0.29, 0.717) is 11.4 Å². The summed E-state index contributed by atoms with van der Waals surface area (Å²) in [5, 5.41) is 17.1. The number of hydrogen-bond donors (Lipinski definition) is 2. The summed E-state index contributed by atoms with van der Waals surface area (Å²) in [4.78, 5) is 34.0. The molecule has 0 atom stereocenters. The quantitative estimate of drug-likeness (QED) is 0.458. The Kier molecular flexibility index (Phi) is 6.40. The summed E-state index contributed by atoms with van der Waals surface area (Å²) in [6, 6.07) is 12.5. The lowest BCUT2D eigenvalue weighted by Gasteiger charge is -2.05. The highest BCUT2D eigenvalue weighted by molar-refractivity contribution is 6.33. The summed E-state index contributed by atoms with van der Waals surface area (Å²) >= 11 is 5.77. The van der Waals surface area contributed by atoms with Crippen molar-refractivity contribution in [2.75, 3.05) is 5.32 Å². The van der Waals surface area contributed by atoms with Gasteiger partial charge < -0.3 is 5.32 Å². The maximum atomic E-state index is 12.0. The molecule has 0 bridgehead atoms. The van der Waals surface area contributed by atoms with Gasteiger partial charge in [-0.3, -0.25) is 19.7 Å². The predicted octanol–water partition coefficient (Wildman–Crippen LogP) is 3.38. The molecule has 0 saturated carbocycles. The zero-order valence-corrected chi connectivity index (χ0v) is 14.5. The highest BCUT2D eigenvalue weighted by Crippen LogP contribution is 2.24. The number of nitrogens with zero attached hydrogens (tertiary/aromatic N) is 2. The van der Waals surface area contributed by atoms with Crippen molar-refractivity contribution < 1.29 is 14.5 Å². The van der Waals surface area contributed by atoms with Crippen LogP contribution in [0.1, 0.15) is 23.7 Å². The van der Waals surface area contributed by atoms with Crippen LogP contribution in [-0.2, 0) is 4.79 Å². The fraction of sp³-hybridized carbons (Fsp3) is 0.118. The van der Waals surface area contributed by atoms with E-state index in [1.807, 2.05) is 6.07 Å². The molecule has 9 heteroatoms. The third-order valence-electron chi connectivity index (χ3n) is 3.23. The number of carbonyl (C=O) groups excluding carboxylic acids is 2. The summed E-state index contributed by atoms with van der Waals surface area (Å²) in [5.74, 6) is -0.866. The fourth-order valence-corrected chi connectivity index (χ4v) is 2.26. The average Bonchev–Trinajstić information content (AvgIpc) is 2.60. The van der Waals surface area contributed by atoms with Gasteiger partial charge in [-0.15, -0.1) is 0 Å². The third-order valence-corrected chi connectivity index (χ3v) is 3.53. The van der Waals surface area contributed by atoms with Gasteiger partial charge in [0.05, 0.1) is 11.3 Å². The minimum Gasteiger partial charge on any atom is -0.326 e. The van der Waals surface area contributed by atoms with E-state index in [0.717, 1.165) is 6.07 Å². The highest BCUT2D eigenvalue weighted by atomic mass is 35.5. The summed E-state index contributed by atoms with van der Waals surface area (Å²) in [6.45, 7) is 1.59. The first-order valence-corrected chi connectivity index (χ1v) is 7.87. The molecule has 2 aromatic carbocycles. The average molecular weight is 375 g/mol. The second-order valence-corrected chi connectivity index (χ2v) is 5.71. The number of carbonyl (C=O) groups is 2. The number of anilines is 1. The molecular weight excluding hydrogens is 360 g/mol. The highest BCUT2D eigenvalue weighted by Gasteiger charge is 2.15. The van der Waals surface area contributed by atoms with Crippen molar-refractivity contribution >= 4 is 40.5 Å². The van der Waals surface area contributed by atoms with E-state index in [-0.39, 0.29) is 28.6 Å².